The van der Waals surface area contributed by atoms with Crippen molar-refractivity contribution in [1.29, 1.82) is 0 Å². The summed E-state index contributed by atoms with van der Waals surface area (Å²) >= 11 is 0. The first kappa shape index (κ1) is 37.1. The summed E-state index contributed by atoms with van der Waals surface area (Å²) < 4.78 is 0. The fraction of sp³-hybridized carbons (Fsp3) is 0.125. The molecule has 4 nitrogen and oxygen atoms in total. The molecule has 0 spiro atoms. The summed E-state index contributed by atoms with van der Waals surface area (Å²) in [5.74, 6) is 0.00245. The molecule has 0 fully saturated rings. The maximum Gasteiger partial charge on any atom is 0.225 e. The molecule has 1 N–H and O–H groups in total. The van der Waals surface area contributed by atoms with Gasteiger partial charge in [-0.1, -0.05) is 153 Å². The minimum Gasteiger partial charge on any atom is -0.359 e. The van der Waals surface area contributed by atoms with Gasteiger partial charge in [-0.15, -0.1) is 0 Å². The number of anilines is 5. The average Bonchev–Trinajstić information content (AvgIpc) is 3.77. The van der Waals surface area contributed by atoms with Gasteiger partial charge in [0, 0.05) is 29.4 Å². The van der Waals surface area contributed by atoms with E-state index < -0.39 is 0 Å². The van der Waals surface area contributed by atoms with Gasteiger partial charge in [-0.3, -0.25) is 9.69 Å². The van der Waals surface area contributed by atoms with Crippen LogP contribution < -0.4 is 15.1 Å². The maximum atomic E-state index is 13.2. The van der Waals surface area contributed by atoms with E-state index in [0.717, 1.165) is 39.6 Å². The second-order valence-electron chi connectivity index (χ2n) is 16.7. The highest BCUT2D eigenvalue weighted by molar-refractivity contribution is 6.25. The molecule has 4 heteroatoms. The molecule has 0 bridgehead atoms. The number of nitrogens with zero attached hydrogens (tertiary/aromatic N) is 2. The van der Waals surface area contributed by atoms with Crippen LogP contribution >= 0.6 is 0 Å². The first-order chi connectivity index (χ1) is 29.2. The van der Waals surface area contributed by atoms with Crippen LogP contribution in [-0.4, -0.2) is 5.91 Å². The summed E-state index contributed by atoms with van der Waals surface area (Å²) in [6, 6.07) is 65.2. The summed E-state index contributed by atoms with van der Waals surface area (Å²) in [6.45, 7) is 10.5. The number of carbonyl (C=O) groups excluding carboxylic acids is 1. The molecule has 1 unspecified atom stereocenters. The zero-order valence-electron chi connectivity index (χ0n) is 34.7. The van der Waals surface area contributed by atoms with Gasteiger partial charge in [0.25, 0.3) is 0 Å². The summed E-state index contributed by atoms with van der Waals surface area (Å²) in [4.78, 5) is 17.5. The second kappa shape index (κ2) is 14.6. The zero-order valence-corrected chi connectivity index (χ0v) is 34.7. The van der Waals surface area contributed by atoms with Gasteiger partial charge < -0.3 is 10.2 Å². The standard InChI is InChI=1S/C49H39N3O.C7H8/c1-30-21-22-32(27-41(30)48-50-46-19-11-12-20-47(46)51(48)31(2)53)52(34-24-26-45-43(29-34)40-17-9-10-18-44(40)49(45,3)4)33-23-25-39-37-15-6-5-13-35(37)36-14-7-8-16-38(36)42(39)28-33;1-7-5-3-2-4-6-7/h5-29,48,50H,1-4H3;2-6H,1H3. The minimum atomic E-state index is -0.327. The van der Waals surface area contributed by atoms with E-state index in [2.05, 4.69) is 177 Å². The number of rotatable bonds is 4. The molecule has 0 saturated heterocycles. The lowest BCUT2D eigenvalue weighted by Gasteiger charge is -2.30. The lowest BCUT2D eigenvalue weighted by atomic mass is 9.82. The predicted octanol–water partition coefficient (Wildman–Crippen LogP) is 14.7. The van der Waals surface area contributed by atoms with Crippen molar-refractivity contribution >= 4 is 66.7 Å². The normalized spacial score (nSPS) is 14.6. The largest absolute Gasteiger partial charge is 0.359 e. The Kier molecular flexibility index (Phi) is 9.02. The van der Waals surface area contributed by atoms with Crippen molar-refractivity contribution in [2.75, 3.05) is 15.1 Å². The summed E-state index contributed by atoms with van der Waals surface area (Å²) in [7, 11) is 0. The van der Waals surface area contributed by atoms with Crippen molar-refractivity contribution in [2.45, 2.75) is 46.2 Å². The molecular formula is C56H47N3O. The number of hydrogen-bond acceptors (Lipinski definition) is 3. The van der Waals surface area contributed by atoms with E-state index in [1.807, 2.05) is 47.4 Å². The van der Waals surface area contributed by atoms with E-state index in [0.29, 0.717) is 0 Å². The Bertz CT molecular complexity index is 3090. The van der Waals surface area contributed by atoms with E-state index in [9.17, 15) is 4.79 Å². The van der Waals surface area contributed by atoms with Gasteiger partial charge >= 0.3 is 0 Å². The van der Waals surface area contributed by atoms with Gasteiger partial charge in [0.05, 0.1) is 11.4 Å². The highest BCUT2D eigenvalue weighted by atomic mass is 16.2. The van der Waals surface area contributed by atoms with Crippen LogP contribution in [0.5, 0.6) is 0 Å². The third kappa shape index (κ3) is 6.10. The molecular weight excluding hydrogens is 731 g/mol. The number of amides is 1. The second-order valence-corrected chi connectivity index (χ2v) is 16.7. The van der Waals surface area contributed by atoms with Crippen molar-refractivity contribution in [1.82, 2.24) is 0 Å². The molecule has 1 aliphatic heterocycles. The Balaban J connectivity index is 0.000000564. The number of fused-ring (bicyclic) bond motifs is 10. The van der Waals surface area contributed by atoms with Crippen LogP contribution in [0, 0.1) is 13.8 Å². The Morgan fingerprint density at radius 3 is 1.75 bits per heavy atom. The lowest BCUT2D eigenvalue weighted by Crippen LogP contribution is -2.32. The Morgan fingerprint density at radius 2 is 1.07 bits per heavy atom. The highest BCUT2D eigenvalue weighted by Crippen LogP contribution is 2.51. The monoisotopic (exact) mass is 777 g/mol. The first-order valence-corrected chi connectivity index (χ1v) is 20.8. The van der Waals surface area contributed by atoms with Crippen LogP contribution in [0.4, 0.5) is 28.4 Å². The predicted molar refractivity (Wildman–Crippen MR) is 253 cm³/mol. The molecule has 1 atom stereocenters. The average molecular weight is 778 g/mol. The van der Waals surface area contributed by atoms with Crippen LogP contribution in [0.2, 0.25) is 0 Å². The van der Waals surface area contributed by atoms with Crippen LogP contribution in [0.15, 0.2) is 182 Å². The molecule has 9 aromatic rings. The number of nitrogens with one attached hydrogen (secondary N) is 1. The molecule has 2 aliphatic rings. The summed E-state index contributed by atoms with van der Waals surface area (Å²) in [5.41, 5.74) is 13.7. The third-order valence-corrected chi connectivity index (χ3v) is 12.6. The molecule has 292 valence electrons. The van der Waals surface area contributed by atoms with Gasteiger partial charge in [0.15, 0.2) is 0 Å². The fourth-order valence-electron chi connectivity index (χ4n) is 9.65. The smallest absolute Gasteiger partial charge is 0.225 e. The lowest BCUT2D eigenvalue weighted by molar-refractivity contribution is -0.116. The molecule has 9 aromatic carbocycles. The SMILES string of the molecule is CC(=O)N1c2ccccc2NC1c1cc(N(c2ccc3c(c2)-c2ccccc2C3(C)C)c2ccc3c4ccccc4c4ccccc4c3c2)ccc1C.Cc1ccccc1. The van der Waals surface area contributed by atoms with Crippen molar-refractivity contribution in [3.63, 3.8) is 0 Å². The fourth-order valence-corrected chi connectivity index (χ4v) is 9.65. The topological polar surface area (TPSA) is 35.6 Å². The maximum absolute atomic E-state index is 13.2. The van der Waals surface area contributed by atoms with Crippen molar-refractivity contribution in [2.24, 2.45) is 0 Å². The molecule has 1 aliphatic carbocycles. The molecule has 60 heavy (non-hydrogen) atoms. The van der Waals surface area contributed by atoms with Gasteiger partial charge in [0.2, 0.25) is 5.91 Å². The first-order valence-electron chi connectivity index (χ1n) is 20.8. The van der Waals surface area contributed by atoms with Gasteiger partial charge in [-0.2, -0.15) is 0 Å². The summed E-state index contributed by atoms with van der Waals surface area (Å²) in [5, 5.41) is 11.1. The zero-order chi connectivity index (χ0) is 41.1. The van der Waals surface area contributed by atoms with Gasteiger partial charge in [-0.25, -0.2) is 0 Å². The number of carbonyl (C=O) groups is 1. The number of para-hydroxylation sites is 2. The molecule has 0 radical (unpaired) electrons. The van der Waals surface area contributed by atoms with Crippen LogP contribution in [0.3, 0.4) is 0 Å². The van der Waals surface area contributed by atoms with Gasteiger partial charge in [0.1, 0.15) is 6.17 Å². The van der Waals surface area contributed by atoms with Crippen LogP contribution in [-0.2, 0) is 10.2 Å². The minimum absolute atomic E-state index is 0.00245. The number of aryl methyl sites for hydroxylation is 2. The van der Waals surface area contributed by atoms with E-state index in [1.54, 1.807) is 6.92 Å². The van der Waals surface area contributed by atoms with Crippen molar-refractivity contribution in [3.05, 3.63) is 210 Å². The van der Waals surface area contributed by atoms with E-state index in [1.165, 1.54) is 60.1 Å². The quantitative estimate of drug-likeness (QED) is 0.181. The van der Waals surface area contributed by atoms with Crippen LogP contribution in [0.1, 0.15) is 54.8 Å². The molecule has 0 saturated carbocycles. The Hall–Kier alpha value is -7.17. The van der Waals surface area contributed by atoms with E-state index >= 15 is 0 Å². The molecule has 11 rings (SSSR count). The molecule has 0 aromatic heterocycles. The van der Waals surface area contributed by atoms with Crippen LogP contribution in [0.25, 0.3) is 43.4 Å². The highest BCUT2D eigenvalue weighted by Gasteiger charge is 2.36. The van der Waals surface area contributed by atoms with E-state index in [4.69, 9.17) is 0 Å². The van der Waals surface area contributed by atoms with Crippen molar-refractivity contribution in [3.8, 4) is 11.1 Å². The van der Waals surface area contributed by atoms with Crippen molar-refractivity contribution < 1.29 is 4.79 Å². The molecule has 1 heterocycles. The third-order valence-electron chi connectivity index (χ3n) is 12.6. The number of benzene rings is 9. The number of hydrogen-bond donors (Lipinski definition) is 1. The molecule has 1 amide bonds. The Labute approximate surface area is 352 Å². The Morgan fingerprint density at radius 1 is 0.533 bits per heavy atom. The van der Waals surface area contributed by atoms with E-state index in [-0.39, 0.29) is 17.5 Å². The van der Waals surface area contributed by atoms with Gasteiger partial charge in [-0.05, 0) is 128 Å². The summed E-state index contributed by atoms with van der Waals surface area (Å²) in [6.07, 6.45) is -0.327.